The molecule has 0 radical (unpaired) electrons. The Hall–Kier alpha value is -2.34. The van der Waals surface area contributed by atoms with Gasteiger partial charge in [0.2, 0.25) is 0 Å². The smallest absolute Gasteiger partial charge is 0.126 e. The monoisotopic (exact) mass is 266 g/mol. The van der Waals surface area contributed by atoms with Crippen LogP contribution in [0.15, 0.2) is 36.4 Å². The van der Waals surface area contributed by atoms with Crippen LogP contribution in [0.4, 0.5) is 15.8 Å². The molecule has 0 saturated heterocycles. The highest BCUT2D eigenvalue weighted by molar-refractivity contribution is 5.69. The van der Waals surface area contributed by atoms with Crippen LogP contribution in [0.1, 0.15) is 23.1 Å². The van der Waals surface area contributed by atoms with Crippen molar-refractivity contribution in [2.75, 3.05) is 11.4 Å². The third-order valence-electron chi connectivity index (χ3n) is 3.68. The maximum absolute atomic E-state index is 13.6. The second-order valence-electron chi connectivity index (χ2n) is 5.20. The van der Waals surface area contributed by atoms with E-state index in [1.807, 2.05) is 6.07 Å². The maximum atomic E-state index is 13.6. The van der Waals surface area contributed by atoms with E-state index in [1.165, 1.54) is 23.3 Å². The Morgan fingerprint density at radius 2 is 2.05 bits per heavy atom. The van der Waals surface area contributed by atoms with Gasteiger partial charge in [-0.2, -0.15) is 5.26 Å². The van der Waals surface area contributed by atoms with E-state index in [0.717, 1.165) is 30.8 Å². The fourth-order valence-electron chi connectivity index (χ4n) is 2.79. The van der Waals surface area contributed by atoms with E-state index < -0.39 is 0 Å². The van der Waals surface area contributed by atoms with Crippen LogP contribution in [-0.2, 0) is 6.42 Å². The number of aryl methyl sites for hydroxylation is 2. The zero-order chi connectivity index (χ0) is 14.1. The minimum atomic E-state index is -0.363. The van der Waals surface area contributed by atoms with Gasteiger partial charge in [0, 0.05) is 17.9 Å². The minimum Gasteiger partial charge on any atom is -0.341 e. The number of rotatable bonds is 1. The molecule has 100 valence electrons. The lowest BCUT2D eigenvalue weighted by atomic mass is 9.99. The van der Waals surface area contributed by atoms with Crippen molar-refractivity contribution >= 4 is 11.4 Å². The first kappa shape index (κ1) is 12.7. The summed E-state index contributed by atoms with van der Waals surface area (Å²) < 4.78 is 13.6. The molecule has 3 rings (SSSR count). The normalized spacial score (nSPS) is 13.8. The second-order valence-corrected chi connectivity index (χ2v) is 5.20. The Bertz CT molecular complexity index is 701. The summed E-state index contributed by atoms with van der Waals surface area (Å²) in [6.45, 7) is 2.93. The van der Waals surface area contributed by atoms with Crippen LogP contribution in [0.2, 0.25) is 0 Å². The van der Waals surface area contributed by atoms with Crippen molar-refractivity contribution < 1.29 is 4.39 Å². The molecule has 1 aliphatic rings. The third kappa shape index (κ3) is 2.25. The first-order valence-corrected chi connectivity index (χ1v) is 6.75. The molecule has 0 bridgehead atoms. The molecule has 2 aromatic rings. The van der Waals surface area contributed by atoms with E-state index in [-0.39, 0.29) is 5.82 Å². The van der Waals surface area contributed by atoms with Crippen molar-refractivity contribution in [3.05, 3.63) is 58.9 Å². The van der Waals surface area contributed by atoms with Gasteiger partial charge in [-0.05, 0) is 49.6 Å². The maximum Gasteiger partial charge on any atom is 0.126 e. The largest absolute Gasteiger partial charge is 0.341 e. The van der Waals surface area contributed by atoms with Crippen molar-refractivity contribution in [2.45, 2.75) is 19.8 Å². The van der Waals surface area contributed by atoms with E-state index in [0.29, 0.717) is 5.56 Å². The number of hydrogen-bond donors (Lipinski definition) is 0. The lowest BCUT2D eigenvalue weighted by Crippen LogP contribution is -2.24. The highest BCUT2D eigenvalue weighted by Gasteiger charge is 2.19. The molecule has 3 heteroatoms. The number of fused-ring (bicyclic) bond motifs is 1. The van der Waals surface area contributed by atoms with Gasteiger partial charge < -0.3 is 4.90 Å². The fraction of sp³-hybridized carbons (Fsp3) is 0.235. The molecule has 2 nitrogen and oxygen atoms in total. The number of anilines is 2. The van der Waals surface area contributed by atoms with Crippen LogP contribution in [0.25, 0.3) is 0 Å². The van der Waals surface area contributed by atoms with Crippen LogP contribution in [0.5, 0.6) is 0 Å². The molecule has 0 saturated carbocycles. The van der Waals surface area contributed by atoms with Crippen LogP contribution < -0.4 is 4.90 Å². The van der Waals surface area contributed by atoms with Crippen molar-refractivity contribution in [1.82, 2.24) is 0 Å². The lowest BCUT2D eigenvalue weighted by Gasteiger charge is -2.31. The van der Waals surface area contributed by atoms with E-state index >= 15 is 0 Å². The highest BCUT2D eigenvalue weighted by atomic mass is 19.1. The molecule has 0 aromatic heterocycles. The summed E-state index contributed by atoms with van der Waals surface area (Å²) >= 11 is 0. The summed E-state index contributed by atoms with van der Waals surface area (Å²) in [5.74, 6) is -0.363. The molecular weight excluding hydrogens is 251 g/mol. The second kappa shape index (κ2) is 4.97. The number of hydrogen-bond acceptors (Lipinski definition) is 2. The molecule has 20 heavy (non-hydrogen) atoms. The molecule has 0 spiro atoms. The zero-order valence-corrected chi connectivity index (χ0v) is 11.4. The summed E-state index contributed by atoms with van der Waals surface area (Å²) in [4.78, 5) is 2.10. The molecule has 0 N–H and O–H groups in total. The fourth-order valence-corrected chi connectivity index (χ4v) is 2.79. The molecule has 2 aromatic carbocycles. The summed E-state index contributed by atoms with van der Waals surface area (Å²) in [7, 11) is 0. The predicted molar refractivity (Wildman–Crippen MR) is 77.6 cm³/mol. The van der Waals surface area contributed by atoms with E-state index in [2.05, 4.69) is 30.0 Å². The van der Waals surface area contributed by atoms with Crippen LogP contribution in [0.3, 0.4) is 0 Å². The Morgan fingerprint density at radius 3 is 2.85 bits per heavy atom. The van der Waals surface area contributed by atoms with Gasteiger partial charge in [-0.25, -0.2) is 4.39 Å². The van der Waals surface area contributed by atoms with Gasteiger partial charge in [-0.1, -0.05) is 17.7 Å². The molecular formula is C17H15FN2. The third-order valence-corrected chi connectivity index (χ3v) is 3.68. The molecule has 1 heterocycles. The van der Waals surface area contributed by atoms with Gasteiger partial charge in [0.05, 0.1) is 11.6 Å². The average Bonchev–Trinajstić information content (AvgIpc) is 2.45. The quantitative estimate of drug-likeness (QED) is 0.777. The zero-order valence-electron chi connectivity index (χ0n) is 11.4. The Morgan fingerprint density at radius 1 is 1.20 bits per heavy atom. The number of nitrogens with zero attached hydrogens (tertiary/aromatic N) is 2. The lowest BCUT2D eigenvalue weighted by molar-refractivity contribution is 0.626. The minimum absolute atomic E-state index is 0.360. The highest BCUT2D eigenvalue weighted by Crippen LogP contribution is 2.34. The molecule has 0 atom stereocenters. The SMILES string of the molecule is Cc1ccc2c(c1)CCCN2c1cc(F)cc(C#N)c1. The number of benzene rings is 2. The van der Waals surface area contributed by atoms with Crippen molar-refractivity contribution in [3.8, 4) is 6.07 Å². The van der Waals surface area contributed by atoms with Gasteiger partial charge in [0.15, 0.2) is 0 Å². The van der Waals surface area contributed by atoms with Crippen LogP contribution >= 0.6 is 0 Å². The van der Waals surface area contributed by atoms with Crippen molar-refractivity contribution in [3.63, 3.8) is 0 Å². The van der Waals surface area contributed by atoms with Crippen LogP contribution in [-0.4, -0.2) is 6.54 Å². The Kier molecular flexibility index (Phi) is 3.15. The van der Waals surface area contributed by atoms with E-state index in [1.54, 1.807) is 6.07 Å². The summed E-state index contributed by atoms with van der Waals surface area (Å²) in [5.41, 5.74) is 4.77. The number of halogens is 1. The average molecular weight is 266 g/mol. The Balaban J connectivity index is 2.09. The molecule has 1 aliphatic heterocycles. The first-order valence-electron chi connectivity index (χ1n) is 6.75. The molecule has 0 aliphatic carbocycles. The van der Waals surface area contributed by atoms with E-state index in [4.69, 9.17) is 5.26 Å². The standard InChI is InChI=1S/C17H15FN2/c1-12-4-5-17-14(7-12)3-2-6-20(17)16-9-13(11-19)8-15(18)10-16/h4-5,7-10H,2-3,6H2,1H3. The summed E-state index contributed by atoms with van der Waals surface area (Å²) in [6, 6.07) is 12.9. The number of nitriles is 1. The summed E-state index contributed by atoms with van der Waals surface area (Å²) in [6.07, 6.45) is 2.09. The molecule has 0 fully saturated rings. The Labute approximate surface area is 118 Å². The van der Waals surface area contributed by atoms with Gasteiger partial charge in [-0.15, -0.1) is 0 Å². The van der Waals surface area contributed by atoms with Crippen LogP contribution in [0, 0.1) is 24.1 Å². The van der Waals surface area contributed by atoms with Crippen molar-refractivity contribution in [2.24, 2.45) is 0 Å². The molecule has 0 amide bonds. The van der Waals surface area contributed by atoms with Gasteiger partial charge in [0.25, 0.3) is 0 Å². The van der Waals surface area contributed by atoms with E-state index in [9.17, 15) is 4.39 Å². The van der Waals surface area contributed by atoms with Gasteiger partial charge in [-0.3, -0.25) is 0 Å². The molecule has 0 unspecified atom stereocenters. The topological polar surface area (TPSA) is 27.0 Å². The first-order chi connectivity index (χ1) is 9.67. The van der Waals surface area contributed by atoms with Gasteiger partial charge in [0.1, 0.15) is 5.82 Å². The predicted octanol–water partition coefficient (Wildman–Crippen LogP) is 4.09. The van der Waals surface area contributed by atoms with Gasteiger partial charge >= 0.3 is 0 Å². The van der Waals surface area contributed by atoms with Crippen molar-refractivity contribution in [1.29, 1.82) is 5.26 Å². The summed E-state index contributed by atoms with van der Waals surface area (Å²) in [5, 5.41) is 8.98.